The lowest BCUT2D eigenvalue weighted by atomic mass is 9.78. The Morgan fingerprint density at radius 3 is 2.25 bits per heavy atom. The van der Waals surface area contributed by atoms with Crippen molar-refractivity contribution in [1.29, 1.82) is 0 Å². The second kappa shape index (κ2) is 3.82. The Morgan fingerprint density at radius 2 is 1.83 bits per heavy atom. The van der Waals surface area contributed by atoms with Crippen LogP contribution in [0.3, 0.4) is 0 Å². The molecule has 1 heterocycles. The van der Waals surface area contributed by atoms with Gasteiger partial charge in [-0.3, -0.25) is 4.90 Å². The maximum absolute atomic E-state index is 5.86. The standard InChI is InChI=1S/C10H20BN/c1-4-10(2,3)12-7-5-9(11)6-8-12/h9H,4-8H2,1-3H3. The first-order valence-electron chi connectivity index (χ1n) is 5.07. The molecule has 1 rings (SSSR count). The summed E-state index contributed by atoms with van der Waals surface area (Å²) < 4.78 is 0. The molecule has 2 heteroatoms. The highest BCUT2D eigenvalue weighted by molar-refractivity contribution is 6.11. The monoisotopic (exact) mass is 165 g/mol. The van der Waals surface area contributed by atoms with Crippen molar-refractivity contribution in [3.63, 3.8) is 0 Å². The smallest absolute Gasteiger partial charge is 0.0700 e. The van der Waals surface area contributed by atoms with E-state index in [0.717, 1.165) is 0 Å². The zero-order chi connectivity index (χ0) is 9.19. The van der Waals surface area contributed by atoms with Crippen LogP contribution in [0.4, 0.5) is 0 Å². The van der Waals surface area contributed by atoms with Crippen molar-refractivity contribution < 1.29 is 0 Å². The van der Waals surface area contributed by atoms with Crippen LogP contribution in [0.25, 0.3) is 0 Å². The quantitative estimate of drug-likeness (QED) is 0.567. The maximum Gasteiger partial charge on any atom is 0.0700 e. The molecule has 1 fully saturated rings. The summed E-state index contributed by atoms with van der Waals surface area (Å²) in [6.45, 7) is 9.27. The molecule has 0 spiro atoms. The molecule has 1 aliphatic heterocycles. The molecule has 0 aromatic rings. The van der Waals surface area contributed by atoms with Gasteiger partial charge in [-0.15, -0.1) is 0 Å². The van der Waals surface area contributed by atoms with Gasteiger partial charge in [-0.25, -0.2) is 0 Å². The Kier molecular flexibility index (Phi) is 3.22. The molecule has 0 aromatic heterocycles. The summed E-state index contributed by atoms with van der Waals surface area (Å²) in [6, 6.07) is 0. The first kappa shape index (κ1) is 10.1. The van der Waals surface area contributed by atoms with E-state index < -0.39 is 0 Å². The van der Waals surface area contributed by atoms with E-state index >= 15 is 0 Å². The van der Waals surface area contributed by atoms with E-state index in [-0.39, 0.29) is 0 Å². The molecule has 2 radical (unpaired) electrons. The molecular formula is C10H20BN. The van der Waals surface area contributed by atoms with Crippen LogP contribution in [0.2, 0.25) is 5.82 Å². The van der Waals surface area contributed by atoms with Gasteiger partial charge in [0.25, 0.3) is 0 Å². The summed E-state index contributed by atoms with van der Waals surface area (Å²) in [5, 5.41) is 0. The molecular weight excluding hydrogens is 145 g/mol. The molecule has 0 atom stereocenters. The van der Waals surface area contributed by atoms with Crippen molar-refractivity contribution in [2.75, 3.05) is 13.1 Å². The van der Waals surface area contributed by atoms with Gasteiger partial charge in [0.2, 0.25) is 0 Å². The Hall–Kier alpha value is 0.0249. The minimum Gasteiger partial charge on any atom is -0.298 e. The number of piperidine rings is 1. The topological polar surface area (TPSA) is 3.24 Å². The highest BCUT2D eigenvalue weighted by atomic mass is 15.2. The van der Waals surface area contributed by atoms with E-state index in [1.54, 1.807) is 0 Å². The summed E-state index contributed by atoms with van der Waals surface area (Å²) >= 11 is 0. The summed E-state index contributed by atoms with van der Waals surface area (Å²) in [5.41, 5.74) is 0.375. The molecule has 1 aliphatic rings. The van der Waals surface area contributed by atoms with Crippen molar-refractivity contribution in [1.82, 2.24) is 4.90 Å². The highest BCUT2D eigenvalue weighted by Gasteiger charge is 2.27. The predicted molar refractivity (Wildman–Crippen MR) is 54.7 cm³/mol. The number of nitrogens with zero attached hydrogens (tertiary/aromatic N) is 1. The zero-order valence-electron chi connectivity index (χ0n) is 8.64. The molecule has 0 N–H and O–H groups in total. The number of rotatable bonds is 2. The minimum atomic E-state index is 0.375. The van der Waals surface area contributed by atoms with Crippen LogP contribution in [0.15, 0.2) is 0 Å². The predicted octanol–water partition coefficient (Wildman–Crippen LogP) is 2.23. The molecule has 0 aromatic carbocycles. The fourth-order valence-electron chi connectivity index (χ4n) is 1.73. The van der Waals surface area contributed by atoms with Crippen molar-refractivity contribution in [2.45, 2.75) is 51.4 Å². The van der Waals surface area contributed by atoms with Gasteiger partial charge in [0.05, 0.1) is 7.85 Å². The molecule has 1 nitrogen and oxygen atoms in total. The van der Waals surface area contributed by atoms with E-state index in [1.165, 1.54) is 32.4 Å². The average Bonchev–Trinajstić information content (AvgIpc) is 2.05. The fourth-order valence-corrected chi connectivity index (χ4v) is 1.73. The SMILES string of the molecule is [B]C1CCN(C(C)(C)CC)CC1. The molecule has 0 unspecified atom stereocenters. The highest BCUT2D eigenvalue weighted by Crippen LogP contribution is 2.26. The number of hydrogen-bond donors (Lipinski definition) is 0. The Bertz CT molecular complexity index is 137. The lowest BCUT2D eigenvalue weighted by Gasteiger charge is -2.42. The molecule has 68 valence electrons. The van der Waals surface area contributed by atoms with E-state index in [9.17, 15) is 0 Å². The van der Waals surface area contributed by atoms with E-state index in [4.69, 9.17) is 7.85 Å². The fraction of sp³-hybridized carbons (Fsp3) is 1.00. The molecule has 0 saturated carbocycles. The van der Waals surface area contributed by atoms with Gasteiger partial charge in [-0.05, 0) is 46.2 Å². The first-order chi connectivity index (χ1) is 5.56. The summed E-state index contributed by atoms with van der Waals surface area (Å²) in [7, 11) is 5.86. The maximum atomic E-state index is 5.86. The molecule has 1 saturated heterocycles. The Balaban J connectivity index is 2.44. The van der Waals surface area contributed by atoms with Gasteiger partial charge in [0, 0.05) is 5.54 Å². The molecule has 0 bridgehead atoms. The Labute approximate surface area is 77.9 Å². The van der Waals surface area contributed by atoms with Crippen molar-refractivity contribution in [2.24, 2.45) is 0 Å². The zero-order valence-corrected chi connectivity index (χ0v) is 8.64. The van der Waals surface area contributed by atoms with Crippen LogP contribution in [0, 0.1) is 0 Å². The number of hydrogen-bond acceptors (Lipinski definition) is 1. The van der Waals surface area contributed by atoms with Crippen LogP contribution >= 0.6 is 0 Å². The number of likely N-dealkylation sites (tertiary alicyclic amines) is 1. The summed E-state index contributed by atoms with van der Waals surface area (Å²) in [6.07, 6.45) is 3.56. The van der Waals surface area contributed by atoms with Crippen molar-refractivity contribution >= 4 is 7.85 Å². The lowest BCUT2D eigenvalue weighted by Crippen LogP contribution is -2.47. The summed E-state index contributed by atoms with van der Waals surface area (Å²) in [4.78, 5) is 2.57. The average molecular weight is 165 g/mol. The lowest BCUT2D eigenvalue weighted by molar-refractivity contribution is 0.0926. The largest absolute Gasteiger partial charge is 0.298 e. The second-order valence-electron chi connectivity index (χ2n) is 4.49. The molecule has 0 aliphatic carbocycles. The van der Waals surface area contributed by atoms with Gasteiger partial charge in [0.1, 0.15) is 0 Å². The van der Waals surface area contributed by atoms with E-state index in [1.807, 2.05) is 0 Å². The van der Waals surface area contributed by atoms with Crippen LogP contribution < -0.4 is 0 Å². The first-order valence-corrected chi connectivity index (χ1v) is 5.07. The summed E-state index contributed by atoms with van der Waals surface area (Å²) in [5.74, 6) is 0.453. The normalized spacial score (nSPS) is 22.9. The van der Waals surface area contributed by atoms with Crippen LogP contribution in [0.1, 0.15) is 40.0 Å². The van der Waals surface area contributed by atoms with Gasteiger partial charge in [0.15, 0.2) is 0 Å². The van der Waals surface area contributed by atoms with Gasteiger partial charge >= 0.3 is 0 Å². The van der Waals surface area contributed by atoms with Crippen molar-refractivity contribution in [3.05, 3.63) is 0 Å². The minimum absolute atomic E-state index is 0.375. The van der Waals surface area contributed by atoms with Crippen molar-refractivity contribution in [3.8, 4) is 0 Å². The third-order valence-corrected chi connectivity index (χ3v) is 3.26. The van der Waals surface area contributed by atoms with E-state index in [0.29, 0.717) is 11.4 Å². The molecule has 12 heavy (non-hydrogen) atoms. The van der Waals surface area contributed by atoms with E-state index in [2.05, 4.69) is 25.7 Å². The van der Waals surface area contributed by atoms with Gasteiger partial charge in [-0.2, -0.15) is 0 Å². The van der Waals surface area contributed by atoms with Gasteiger partial charge < -0.3 is 0 Å². The second-order valence-corrected chi connectivity index (χ2v) is 4.49. The Morgan fingerprint density at radius 1 is 1.33 bits per heavy atom. The van der Waals surface area contributed by atoms with Gasteiger partial charge in [-0.1, -0.05) is 12.7 Å². The van der Waals surface area contributed by atoms with Crippen LogP contribution in [0.5, 0.6) is 0 Å². The molecule has 0 amide bonds. The third kappa shape index (κ3) is 2.26. The third-order valence-electron chi connectivity index (χ3n) is 3.26. The van der Waals surface area contributed by atoms with Crippen LogP contribution in [-0.2, 0) is 0 Å². The van der Waals surface area contributed by atoms with Crippen LogP contribution in [-0.4, -0.2) is 31.4 Å².